The van der Waals surface area contributed by atoms with Crippen LogP contribution in [0.4, 0.5) is 4.79 Å². The van der Waals surface area contributed by atoms with Gasteiger partial charge in [0.25, 0.3) is 0 Å². The van der Waals surface area contributed by atoms with Crippen LogP contribution >= 0.6 is 0 Å². The number of pyridine rings is 1. The lowest BCUT2D eigenvalue weighted by Crippen LogP contribution is -2.46. The third kappa shape index (κ3) is 10.7. The fraction of sp³-hybridized carbons (Fsp3) is 0.341. The van der Waals surface area contributed by atoms with Crippen LogP contribution in [-0.4, -0.2) is 49.0 Å². The summed E-state index contributed by atoms with van der Waals surface area (Å²) in [6.45, 7) is 17.3. The Hall–Kier alpha value is -5.19. The Labute approximate surface area is 319 Å². The summed E-state index contributed by atoms with van der Waals surface area (Å²) in [6, 6.07) is 33.1. The molecule has 54 heavy (non-hydrogen) atoms. The summed E-state index contributed by atoms with van der Waals surface area (Å²) in [6.07, 6.45) is -0.527. The third-order valence-corrected chi connectivity index (χ3v) is 14.1. The number of aromatic amines is 1. The minimum atomic E-state index is -2.43. The first-order valence-corrected chi connectivity index (χ1v) is 21.2. The summed E-state index contributed by atoms with van der Waals surface area (Å²) < 4.78 is 24.8. The minimum Gasteiger partial charge on any atom is -0.487 e. The van der Waals surface area contributed by atoms with Gasteiger partial charge in [-0.1, -0.05) is 87.5 Å². The molecule has 10 heteroatoms. The van der Waals surface area contributed by atoms with Gasteiger partial charge in [0.1, 0.15) is 23.7 Å². The highest BCUT2D eigenvalue weighted by Crippen LogP contribution is 2.42. The smallest absolute Gasteiger partial charge is 0.410 e. The maximum atomic E-state index is 13.9. The lowest BCUT2D eigenvalue weighted by molar-refractivity contribution is 0.0159. The Kier molecular flexibility index (Phi) is 12.5. The summed E-state index contributed by atoms with van der Waals surface area (Å²) in [5.74, 6) is 0.572. The average Bonchev–Trinajstić information content (AvgIpc) is 3.11. The Balaban J connectivity index is 1.46. The first-order chi connectivity index (χ1) is 25.5. The Bertz CT molecular complexity index is 2080. The number of rotatable bonds is 13. The van der Waals surface area contributed by atoms with E-state index in [-0.39, 0.29) is 17.1 Å². The minimum absolute atomic E-state index is 0.131. The second-order valence-corrected chi connectivity index (χ2v) is 20.7. The van der Waals surface area contributed by atoms with Crippen molar-refractivity contribution in [1.29, 1.82) is 0 Å². The normalized spacial score (nSPS) is 12.6. The zero-order valence-electron chi connectivity index (χ0n) is 32.6. The van der Waals surface area contributed by atoms with E-state index in [1.165, 1.54) is 6.07 Å². The highest BCUT2D eigenvalue weighted by atomic mass is 28.4. The second kappa shape index (κ2) is 16.9. The van der Waals surface area contributed by atoms with Crippen LogP contribution < -0.4 is 15.0 Å². The fourth-order valence-corrected chi connectivity index (χ4v) is 6.89. The number of carbonyl (C=O) groups excluding carboxylic acids is 2. The van der Waals surface area contributed by atoms with Crippen molar-refractivity contribution in [2.24, 2.45) is 0 Å². The molecule has 4 aromatic carbocycles. The fourth-order valence-electron chi connectivity index (χ4n) is 5.63. The molecule has 0 fully saturated rings. The molecule has 0 aliphatic rings. The number of ether oxygens (including phenoxy) is 3. The van der Waals surface area contributed by atoms with Gasteiger partial charge in [-0.05, 0) is 98.4 Å². The predicted molar refractivity (Wildman–Crippen MR) is 216 cm³/mol. The molecule has 1 atom stereocenters. The number of fused-ring (bicyclic) bond motifs is 1. The molecule has 0 aliphatic heterocycles. The maximum absolute atomic E-state index is 13.9. The van der Waals surface area contributed by atoms with Crippen molar-refractivity contribution in [1.82, 2.24) is 9.88 Å². The van der Waals surface area contributed by atoms with E-state index in [4.69, 9.17) is 18.6 Å². The van der Waals surface area contributed by atoms with Crippen molar-refractivity contribution in [3.63, 3.8) is 0 Å². The van der Waals surface area contributed by atoms with Crippen molar-refractivity contribution in [3.05, 3.63) is 142 Å². The molecule has 1 heterocycles. The van der Waals surface area contributed by atoms with Crippen molar-refractivity contribution < 1.29 is 28.2 Å². The lowest BCUT2D eigenvalue weighted by Gasteiger charge is -2.41. The molecular formula is C44H52N2O7Si. The number of benzene rings is 4. The van der Waals surface area contributed by atoms with Crippen LogP contribution in [0, 0.1) is 0 Å². The van der Waals surface area contributed by atoms with Crippen molar-refractivity contribution >= 4 is 31.3 Å². The van der Waals surface area contributed by atoms with Gasteiger partial charge in [0, 0.05) is 18.0 Å². The molecule has 1 N–H and O–H groups in total. The lowest BCUT2D eigenvalue weighted by atomic mass is 10.0. The number of nitrogens with zero attached hydrogens (tertiary/aromatic N) is 1. The number of hydrogen-bond acceptors (Lipinski definition) is 7. The average molecular weight is 749 g/mol. The second-order valence-electron chi connectivity index (χ2n) is 16.0. The SMILES string of the molecule is CC(C)(C)OC(=O)N(CCc1ccc(C(=O)Oc2ccccc2)cc1)C[C@H](O[Si](C)(C)C(C)(C)C)c1ccc(OCc2ccccc2)c2[nH]c(=O)ccc12. The number of para-hydroxylation sites is 1. The number of amides is 1. The van der Waals surface area contributed by atoms with Crippen LogP contribution in [0.15, 0.2) is 114 Å². The zero-order valence-corrected chi connectivity index (χ0v) is 33.6. The van der Waals surface area contributed by atoms with E-state index < -0.39 is 32.1 Å². The van der Waals surface area contributed by atoms with E-state index in [0.717, 1.165) is 22.1 Å². The van der Waals surface area contributed by atoms with E-state index in [9.17, 15) is 14.4 Å². The van der Waals surface area contributed by atoms with Crippen LogP contribution in [0.25, 0.3) is 10.9 Å². The summed E-state index contributed by atoms with van der Waals surface area (Å²) in [7, 11) is -2.43. The molecule has 0 bridgehead atoms. The zero-order chi connectivity index (χ0) is 39.1. The molecule has 5 rings (SSSR count). The van der Waals surface area contributed by atoms with Gasteiger partial charge in [-0.25, -0.2) is 9.59 Å². The van der Waals surface area contributed by atoms with Crippen LogP contribution in [0.5, 0.6) is 11.5 Å². The molecule has 5 aromatic rings. The van der Waals surface area contributed by atoms with Crippen molar-refractivity contribution in [2.45, 2.75) is 84.4 Å². The van der Waals surface area contributed by atoms with E-state index in [0.29, 0.717) is 42.2 Å². The maximum Gasteiger partial charge on any atom is 0.410 e. The first kappa shape index (κ1) is 40.0. The predicted octanol–water partition coefficient (Wildman–Crippen LogP) is 9.87. The third-order valence-electron chi connectivity index (χ3n) is 9.57. The highest BCUT2D eigenvalue weighted by molar-refractivity contribution is 6.74. The van der Waals surface area contributed by atoms with Gasteiger partial charge in [-0.3, -0.25) is 4.79 Å². The molecule has 0 unspecified atom stereocenters. The number of aromatic nitrogens is 1. The highest BCUT2D eigenvalue weighted by Gasteiger charge is 2.41. The van der Waals surface area contributed by atoms with E-state index in [2.05, 4.69) is 38.8 Å². The number of carbonyl (C=O) groups is 2. The topological polar surface area (TPSA) is 107 Å². The van der Waals surface area contributed by atoms with Gasteiger partial charge in [0.15, 0.2) is 8.32 Å². The molecule has 1 aromatic heterocycles. The first-order valence-electron chi connectivity index (χ1n) is 18.3. The van der Waals surface area contributed by atoms with Crippen LogP contribution in [0.1, 0.15) is 74.7 Å². The van der Waals surface area contributed by atoms with E-state index in [1.807, 2.05) is 93.6 Å². The van der Waals surface area contributed by atoms with Gasteiger partial charge < -0.3 is 28.5 Å². The van der Waals surface area contributed by atoms with Gasteiger partial charge in [-0.2, -0.15) is 0 Å². The van der Waals surface area contributed by atoms with Crippen LogP contribution in [0.3, 0.4) is 0 Å². The molecule has 0 spiro atoms. The molecule has 284 valence electrons. The van der Waals surface area contributed by atoms with Gasteiger partial charge in [-0.15, -0.1) is 0 Å². The number of hydrogen-bond donors (Lipinski definition) is 1. The molecular weight excluding hydrogens is 697 g/mol. The summed E-state index contributed by atoms with van der Waals surface area (Å²) in [4.78, 5) is 44.1. The van der Waals surface area contributed by atoms with Gasteiger partial charge >= 0.3 is 12.1 Å². The molecule has 0 radical (unpaired) electrons. The number of nitrogens with one attached hydrogen (secondary N) is 1. The Morgan fingerprint density at radius 1 is 0.778 bits per heavy atom. The Morgan fingerprint density at radius 3 is 2.06 bits per heavy atom. The Morgan fingerprint density at radius 2 is 1.43 bits per heavy atom. The van der Waals surface area contributed by atoms with Gasteiger partial charge in [0.2, 0.25) is 5.56 Å². The van der Waals surface area contributed by atoms with Crippen molar-refractivity contribution in [2.75, 3.05) is 13.1 Å². The van der Waals surface area contributed by atoms with Crippen LogP contribution in [0.2, 0.25) is 18.1 Å². The molecule has 0 saturated carbocycles. The number of H-pyrrole nitrogens is 1. The summed E-state index contributed by atoms with van der Waals surface area (Å²) in [5.41, 5.74) is 2.78. The van der Waals surface area contributed by atoms with Crippen molar-refractivity contribution in [3.8, 4) is 11.5 Å². The number of esters is 1. The quantitative estimate of drug-likeness (QED) is 0.0726. The summed E-state index contributed by atoms with van der Waals surface area (Å²) in [5, 5.41) is 0.639. The van der Waals surface area contributed by atoms with E-state index >= 15 is 0 Å². The largest absolute Gasteiger partial charge is 0.487 e. The monoisotopic (exact) mass is 748 g/mol. The summed E-state index contributed by atoms with van der Waals surface area (Å²) >= 11 is 0. The molecule has 9 nitrogen and oxygen atoms in total. The molecule has 0 aliphatic carbocycles. The van der Waals surface area contributed by atoms with E-state index in [1.54, 1.807) is 35.2 Å². The van der Waals surface area contributed by atoms with Gasteiger partial charge in [0.05, 0.1) is 23.7 Å². The van der Waals surface area contributed by atoms with Crippen LogP contribution in [-0.2, 0) is 22.2 Å². The molecule has 1 amide bonds. The molecule has 0 saturated heterocycles. The standard InChI is InChI=1S/C44H52N2O7Si/c1-43(2,3)52-42(49)46(28-27-31-19-21-33(22-20-31)41(48)51-34-17-13-10-14-18-34)29-38(53-54(7,8)44(4,5)6)35-23-25-37(40-36(35)24-26-39(47)45-40)50-30-32-15-11-9-12-16-32/h9-26,38H,27-30H2,1-8H3,(H,45,47)/t38-/m0/s1.